The van der Waals surface area contributed by atoms with Crippen molar-refractivity contribution in [3.05, 3.63) is 77.1 Å². The summed E-state index contributed by atoms with van der Waals surface area (Å²) in [4.78, 5) is 0. The van der Waals surface area contributed by atoms with E-state index < -0.39 is 8.32 Å². The molecule has 2 aromatic carbocycles. The van der Waals surface area contributed by atoms with Crippen molar-refractivity contribution in [2.24, 2.45) is 0 Å². The van der Waals surface area contributed by atoms with Gasteiger partial charge in [-0.1, -0.05) is 54.0 Å². The van der Waals surface area contributed by atoms with E-state index in [0.717, 1.165) is 17.7 Å². The van der Waals surface area contributed by atoms with Crippen LogP contribution >= 0.6 is 0 Å². The van der Waals surface area contributed by atoms with Gasteiger partial charge in [-0.15, -0.1) is 29.3 Å². The second-order valence-electron chi connectivity index (χ2n) is 7.98. The Bertz CT molecular complexity index is 919. The maximum atomic E-state index is 5.94. The van der Waals surface area contributed by atoms with Gasteiger partial charge in [0.25, 0.3) is 0 Å². The van der Waals surface area contributed by atoms with Crippen LogP contribution in [0.3, 0.4) is 0 Å². The van der Waals surface area contributed by atoms with Crippen LogP contribution in [-0.2, 0) is 35.4 Å². The van der Waals surface area contributed by atoms with E-state index in [1.807, 2.05) is 0 Å². The fraction of sp³-hybridized carbons (Fsp3) is 0.304. The smallest absolute Gasteiger partial charge is 1.00 e. The first-order valence-corrected chi connectivity index (χ1v) is 12.7. The third kappa shape index (κ3) is 5.54. The summed E-state index contributed by atoms with van der Waals surface area (Å²) in [7, 11) is -1.57. The molecule has 6 heteroatoms. The van der Waals surface area contributed by atoms with Crippen molar-refractivity contribution in [1.82, 2.24) is 0 Å². The normalized spacial score (nSPS) is 16.3. The molecule has 1 unspecified atom stereocenters. The molecule has 2 aliphatic carbocycles. The minimum Gasteiger partial charge on any atom is -1.00 e. The number of benzene rings is 2. The van der Waals surface area contributed by atoms with Crippen LogP contribution in [0.2, 0.25) is 19.6 Å². The van der Waals surface area contributed by atoms with Gasteiger partial charge in [0.05, 0.1) is 5.76 Å². The average molecular weight is 524 g/mol. The predicted octanol–water partition coefficient (Wildman–Crippen LogP) is 0.121. The molecule has 151 valence electrons. The number of allylic oxidation sites excluding steroid dienone is 3. The maximum absolute atomic E-state index is 5.94. The van der Waals surface area contributed by atoms with Crippen LogP contribution in [0.15, 0.2) is 54.3 Å². The van der Waals surface area contributed by atoms with Gasteiger partial charge in [-0.25, -0.2) is 0 Å². The van der Waals surface area contributed by atoms with Crippen molar-refractivity contribution in [1.29, 1.82) is 0 Å². The van der Waals surface area contributed by atoms with Crippen LogP contribution in [0, 0.1) is 6.07 Å². The van der Waals surface area contributed by atoms with Crippen molar-refractivity contribution >= 4 is 13.9 Å². The van der Waals surface area contributed by atoms with Crippen molar-refractivity contribution in [3.63, 3.8) is 0 Å². The molecule has 0 aromatic heterocycles. The zero-order valence-electron chi connectivity index (χ0n) is 17.2. The Kier molecular flexibility index (Phi) is 9.64. The summed E-state index contributed by atoms with van der Waals surface area (Å²) < 4.78 is 11.8. The molecular formula is C23H25Cl2O2SiZr. The molecule has 0 saturated carbocycles. The Balaban J connectivity index is 0.00000140. The van der Waals surface area contributed by atoms with E-state index in [0.29, 0.717) is 12.7 Å². The first-order valence-electron chi connectivity index (χ1n) is 9.26. The number of hydrogen-bond acceptors (Lipinski definition) is 2. The fourth-order valence-electron chi connectivity index (χ4n) is 3.67. The number of halogens is 2. The van der Waals surface area contributed by atoms with Gasteiger partial charge in [-0.2, -0.15) is 0 Å². The van der Waals surface area contributed by atoms with Crippen molar-refractivity contribution in [2.75, 3.05) is 6.79 Å². The molecule has 0 spiro atoms. The largest absolute Gasteiger partial charge is 3.00 e. The number of ether oxygens (including phenoxy) is 1. The zero-order chi connectivity index (χ0) is 18.3. The minimum atomic E-state index is -1.57. The Hall–Kier alpha value is -0.640. The van der Waals surface area contributed by atoms with Crippen LogP contribution in [0.5, 0.6) is 0 Å². The summed E-state index contributed by atoms with van der Waals surface area (Å²) in [6.07, 6.45) is 5.10. The summed E-state index contributed by atoms with van der Waals surface area (Å²) in [5.41, 5.74) is 7.69. The van der Waals surface area contributed by atoms with Crippen molar-refractivity contribution in [2.45, 2.75) is 38.9 Å². The van der Waals surface area contributed by atoms with Gasteiger partial charge < -0.3 is 34.0 Å². The SMILES string of the molecule is CC1c2[c-]c(C3=C(OCO[Si](C)(C)C)C=CC3)ccc2-c2ccccc21.[Cl-].[Cl-].[Zr+3]. The summed E-state index contributed by atoms with van der Waals surface area (Å²) in [5, 5.41) is 0. The Morgan fingerprint density at radius 1 is 1.03 bits per heavy atom. The molecule has 1 atom stereocenters. The van der Waals surface area contributed by atoms with Gasteiger partial charge in [0.15, 0.2) is 15.1 Å². The first kappa shape index (κ1) is 26.4. The Morgan fingerprint density at radius 2 is 1.76 bits per heavy atom. The molecule has 2 aliphatic rings. The molecule has 2 aromatic rings. The fourth-order valence-corrected chi connectivity index (χ4v) is 4.08. The van der Waals surface area contributed by atoms with Crippen LogP contribution in [-0.4, -0.2) is 15.1 Å². The molecule has 0 N–H and O–H groups in total. The van der Waals surface area contributed by atoms with Gasteiger partial charge >= 0.3 is 26.2 Å². The van der Waals surface area contributed by atoms with Crippen LogP contribution < -0.4 is 24.8 Å². The molecule has 4 rings (SSSR count). The van der Waals surface area contributed by atoms with Crippen LogP contribution in [0.4, 0.5) is 0 Å². The predicted molar refractivity (Wildman–Crippen MR) is 109 cm³/mol. The molecular weight excluding hydrogens is 498 g/mol. The molecule has 0 amide bonds. The number of hydrogen-bond donors (Lipinski definition) is 0. The average Bonchev–Trinajstić information content (AvgIpc) is 3.18. The monoisotopic (exact) mass is 521 g/mol. The summed E-state index contributed by atoms with van der Waals surface area (Å²) in [6.45, 7) is 9.10. The Morgan fingerprint density at radius 3 is 2.48 bits per heavy atom. The molecule has 0 saturated heterocycles. The zero-order valence-corrected chi connectivity index (χ0v) is 22.2. The number of rotatable bonds is 5. The second kappa shape index (κ2) is 10.6. The van der Waals surface area contributed by atoms with E-state index in [1.165, 1.54) is 27.8 Å². The van der Waals surface area contributed by atoms with E-state index in [9.17, 15) is 0 Å². The second-order valence-corrected chi connectivity index (χ2v) is 12.5. The molecule has 0 aliphatic heterocycles. The molecule has 1 radical (unpaired) electrons. The van der Waals surface area contributed by atoms with Gasteiger partial charge in [0.1, 0.15) is 0 Å². The summed E-state index contributed by atoms with van der Waals surface area (Å²) in [5.74, 6) is 1.30. The molecule has 0 bridgehead atoms. The topological polar surface area (TPSA) is 18.5 Å². The maximum Gasteiger partial charge on any atom is 3.00 e. The third-order valence-electron chi connectivity index (χ3n) is 5.05. The van der Waals surface area contributed by atoms with Gasteiger partial charge in [0.2, 0.25) is 0 Å². The van der Waals surface area contributed by atoms with Crippen LogP contribution in [0.25, 0.3) is 16.7 Å². The van der Waals surface area contributed by atoms with E-state index in [2.05, 4.69) is 81.2 Å². The van der Waals surface area contributed by atoms with E-state index in [-0.39, 0.29) is 51.0 Å². The standard InChI is InChI=1S/C23H25O2Si.2ClH.Zr/c1-16-18-8-5-6-9-20(18)21-13-12-17(14-22(16)21)19-10-7-11-23(19)24-15-25-26(2,3)4;;;/h5-9,11-13,16H,10,15H2,1-4H3;2*1H;/q-1;;;+3/p-2. The molecule has 0 heterocycles. The molecule has 29 heavy (non-hydrogen) atoms. The summed E-state index contributed by atoms with van der Waals surface area (Å²) >= 11 is 0. The quantitative estimate of drug-likeness (QED) is 0.315. The minimum absolute atomic E-state index is 0. The van der Waals surface area contributed by atoms with E-state index >= 15 is 0 Å². The van der Waals surface area contributed by atoms with Crippen LogP contribution in [0.1, 0.15) is 36.0 Å². The summed E-state index contributed by atoms with van der Waals surface area (Å²) in [6, 6.07) is 16.8. The van der Waals surface area contributed by atoms with Crippen molar-refractivity contribution in [3.8, 4) is 11.1 Å². The Labute approximate surface area is 206 Å². The first-order chi connectivity index (χ1) is 12.4. The third-order valence-corrected chi connectivity index (χ3v) is 6.03. The van der Waals surface area contributed by atoms with Gasteiger partial charge in [0, 0.05) is 0 Å². The van der Waals surface area contributed by atoms with Gasteiger partial charge in [-0.05, 0) is 43.6 Å². The number of fused-ring (bicyclic) bond motifs is 3. The van der Waals surface area contributed by atoms with E-state index in [4.69, 9.17) is 9.16 Å². The molecule has 0 fully saturated rings. The van der Waals surface area contributed by atoms with E-state index in [1.54, 1.807) is 0 Å². The van der Waals surface area contributed by atoms with Crippen molar-refractivity contribution < 1.29 is 60.2 Å². The van der Waals surface area contributed by atoms with Gasteiger partial charge in [-0.3, -0.25) is 0 Å². The molecule has 2 nitrogen and oxygen atoms in total.